The van der Waals surface area contributed by atoms with Gasteiger partial charge in [0.15, 0.2) is 0 Å². The lowest BCUT2D eigenvalue weighted by molar-refractivity contribution is 0.184. The van der Waals surface area contributed by atoms with E-state index in [-0.39, 0.29) is 5.82 Å². The van der Waals surface area contributed by atoms with Crippen LogP contribution in [0.25, 0.3) is 10.4 Å². The summed E-state index contributed by atoms with van der Waals surface area (Å²) in [7, 11) is 0. The van der Waals surface area contributed by atoms with Crippen molar-refractivity contribution in [1.29, 1.82) is 0 Å². The molecule has 0 bridgehead atoms. The first-order chi connectivity index (χ1) is 10.3. The van der Waals surface area contributed by atoms with Crippen LogP contribution in [-0.2, 0) is 11.3 Å². The van der Waals surface area contributed by atoms with Crippen LogP contribution in [0.15, 0.2) is 35.7 Å². The predicted octanol–water partition coefficient (Wildman–Crippen LogP) is 4.07. The van der Waals surface area contributed by atoms with Crippen molar-refractivity contribution < 1.29 is 9.13 Å². The molecule has 1 saturated heterocycles. The maximum atomic E-state index is 13.9. The average molecular weight is 305 g/mol. The molecule has 1 N–H and O–H groups in total. The van der Waals surface area contributed by atoms with Gasteiger partial charge >= 0.3 is 0 Å². The Morgan fingerprint density at radius 1 is 1.33 bits per heavy atom. The number of ether oxygens (including phenoxy) is 1. The van der Waals surface area contributed by atoms with Crippen LogP contribution in [-0.4, -0.2) is 19.8 Å². The zero-order valence-electron chi connectivity index (χ0n) is 12.0. The summed E-state index contributed by atoms with van der Waals surface area (Å²) in [6.45, 7) is 3.58. The molecular weight excluding hydrogens is 285 g/mol. The van der Waals surface area contributed by atoms with E-state index in [0.29, 0.717) is 11.5 Å². The fourth-order valence-electron chi connectivity index (χ4n) is 2.65. The molecular formula is C17H20FNOS. The summed E-state index contributed by atoms with van der Waals surface area (Å²) in [5.74, 6) is 0.553. The van der Waals surface area contributed by atoms with Crippen LogP contribution in [0.1, 0.15) is 18.4 Å². The number of halogens is 1. The minimum atomic E-state index is -0.149. The summed E-state index contributed by atoms with van der Waals surface area (Å²) in [4.78, 5) is 0.984. The number of hydrogen-bond donors (Lipinski definition) is 1. The zero-order valence-corrected chi connectivity index (χ0v) is 12.8. The molecule has 1 aliphatic rings. The van der Waals surface area contributed by atoms with Gasteiger partial charge in [0.2, 0.25) is 0 Å². The molecule has 0 spiro atoms. The van der Waals surface area contributed by atoms with Gasteiger partial charge in [-0.05, 0) is 54.4 Å². The van der Waals surface area contributed by atoms with Crippen molar-refractivity contribution in [2.75, 3.05) is 19.8 Å². The molecule has 0 saturated carbocycles. The Morgan fingerprint density at radius 2 is 2.29 bits per heavy atom. The first kappa shape index (κ1) is 14.7. The van der Waals surface area contributed by atoms with E-state index in [4.69, 9.17) is 4.74 Å². The normalized spacial score (nSPS) is 18.2. The van der Waals surface area contributed by atoms with Gasteiger partial charge in [-0.15, -0.1) is 11.3 Å². The van der Waals surface area contributed by atoms with Gasteiger partial charge in [-0.3, -0.25) is 0 Å². The smallest absolute Gasteiger partial charge is 0.131 e. The van der Waals surface area contributed by atoms with Crippen molar-refractivity contribution in [1.82, 2.24) is 5.32 Å². The molecule has 21 heavy (non-hydrogen) atoms. The highest BCUT2D eigenvalue weighted by molar-refractivity contribution is 7.13. The van der Waals surface area contributed by atoms with E-state index in [1.165, 1.54) is 6.42 Å². The Balaban J connectivity index is 1.54. The van der Waals surface area contributed by atoms with Crippen LogP contribution >= 0.6 is 11.3 Å². The molecule has 0 amide bonds. The molecule has 2 nitrogen and oxygen atoms in total. The Bertz CT molecular complexity index is 564. The quantitative estimate of drug-likeness (QED) is 0.812. The van der Waals surface area contributed by atoms with Crippen LogP contribution in [0, 0.1) is 11.7 Å². The van der Waals surface area contributed by atoms with Gasteiger partial charge in [0.05, 0.1) is 0 Å². The van der Waals surface area contributed by atoms with E-state index in [2.05, 4.69) is 5.32 Å². The van der Waals surface area contributed by atoms with Gasteiger partial charge in [-0.25, -0.2) is 4.39 Å². The first-order valence-corrected chi connectivity index (χ1v) is 8.31. The third kappa shape index (κ3) is 3.90. The number of nitrogens with one attached hydrogen (secondary N) is 1. The maximum Gasteiger partial charge on any atom is 0.131 e. The van der Waals surface area contributed by atoms with Gasteiger partial charge in [-0.2, -0.15) is 0 Å². The summed E-state index contributed by atoms with van der Waals surface area (Å²) >= 11 is 1.57. The topological polar surface area (TPSA) is 21.3 Å². The van der Waals surface area contributed by atoms with Crippen LogP contribution in [0.4, 0.5) is 4.39 Å². The molecule has 1 aromatic heterocycles. The minimum absolute atomic E-state index is 0.149. The summed E-state index contributed by atoms with van der Waals surface area (Å²) in [6.07, 6.45) is 2.33. The lowest BCUT2D eigenvalue weighted by Gasteiger charge is -2.10. The second-order valence-electron chi connectivity index (χ2n) is 5.49. The number of hydrogen-bond acceptors (Lipinski definition) is 3. The van der Waals surface area contributed by atoms with Gasteiger partial charge in [0.1, 0.15) is 5.82 Å². The minimum Gasteiger partial charge on any atom is -0.381 e. The molecule has 2 aromatic rings. The fourth-order valence-corrected chi connectivity index (χ4v) is 3.40. The van der Waals surface area contributed by atoms with Gasteiger partial charge in [0, 0.05) is 30.2 Å². The highest BCUT2D eigenvalue weighted by atomic mass is 32.1. The van der Waals surface area contributed by atoms with E-state index >= 15 is 0 Å². The Labute approximate surface area is 129 Å². The summed E-state index contributed by atoms with van der Waals surface area (Å²) < 4.78 is 19.3. The second kappa shape index (κ2) is 7.16. The number of thiophene rings is 1. The third-order valence-electron chi connectivity index (χ3n) is 3.90. The largest absolute Gasteiger partial charge is 0.381 e. The highest BCUT2D eigenvalue weighted by Crippen LogP contribution is 2.28. The molecule has 3 rings (SSSR count). The molecule has 1 aromatic carbocycles. The van der Waals surface area contributed by atoms with Gasteiger partial charge in [0.25, 0.3) is 0 Å². The zero-order chi connectivity index (χ0) is 14.5. The SMILES string of the molecule is Fc1ccc(CNCCC2CCOC2)cc1-c1cccs1. The average Bonchev–Trinajstić information content (AvgIpc) is 3.18. The summed E-state index contributed by atoms with van der Waals surface area (Å²) in [6, 6.07) is 9.29. The van der Waals surface area contributed by atoms with E-state index in [9.17, 15) is 4.39 Å². The fraction of sp³-hybridized carbons (Fsp3) is 0.412. The van der Waals surface area contributed by atoms with Gasteiger partial charge < -0.3 is 10.1 Å². The molecule has 4 heteroatoms. The number of benzene rings is 1. The number of rotatable bonds is 6. The van der Waals surface area contributed by atoms with E-state index in [0.717, 1.165) is 43.2 Å². The lowest BCUT2D eigenvalue weighted by atomic mass is 10.1. The van der Waals surface area contributed by atoms with E-state index in [1.54, 1.807) is 17.4 Å². The Hall–Kier alpha value is -1.23. The van der Waals surface area contributed by atoms with Gasteiger partial charge in [-0.1, -0.05) is 12.1 Å². The summed E-state index contributed by atoms with van der Waals surface area (Å²) in [5.41, 5.74) is 1.83. The third-order valence-corrected chi connectivity index (χ3v) is 4.80. The van der Waals surface area contributed by atoms with Crippen molar-refractivity contribution in [2.45, 2.75) is 19.4 Å². The molecule has 0 aliphatic carbocycles. The molecule has 2 heterocycles. The second-order valence-corrected chi connectivity index (χ2v) is 6.43. The maximum absolute atomic E-state index is 13.9. The molecule has 1 unspecified atom stereocenters. The van der Waals surface area contributed by atoms with Crippen LogP contribution < -0.4 is 5.32 Å². The Morgan fingerprint density at radius 3 is 3.05 bits per heavy atom. The Kier molecular flexibility index (Phi) is 5.01. The van der Waals surface area contributed by atoms with Crippen molar-refractivity contribution in [2.24, 2.45) is 5.92 Å². The lowest BCUT2D eigenvalue weighted by Crippen LogP contribution is -2.18. The summed E-state index contributed by atoms with van der Waals surface area (Å²) in [5, 5.41) is 5.42. The monoisotopic (exact) mass is 305 g/mol. The predicted molar refractivity (Wildman–Crippen MR) is 85.0 cm³/mol. The molecule has 1 fully saturated rings. The van der Waals surface area contributed by atoms with Crippen molar-refractivity contribution >= 4 is 11.3 Å². The van der Waals surface area contributed by atoms with Crippen molar-refractivity contribution in [3.8, 4) is 10.4 Å². The molecule has 0 radical (unpaired) electrons. The highest BCUT2D eigenvalue weighted by Gasteiger charge is 2.14. The van der Waals surface area contributed by atoms with Crippen molar-refractivity contribution in [3.05, 3.63) is 47.1 Å². The van der Waals surface area contributed by atoms with Crippen LogP contribution in [0.3, 0.4) is 0 Å². The van der Waals surface area contributed by atoms with Crippen LogP contribution in [0.2, 0.25) is 0 Å². The molecule has 1 atom stereocenters. The van der Waals surface area contributed by atoms with Crippen LogP contribution in [0.5, 0.6) is 0 Å². The standard InChI is InChI=1S/C17H20FNOS/c18-16-4-3-14(10-15(16)17-2-1-9-21-17)11-19-7-5-13-6-8-20-12-13/h1-4,9-10,13,19H,5-8,11-12H2. The van der Waals surface area contributed by atoms with Crippen molar-refractivity contribution in [3.63, 3.8) is 0 Å². The molecule has 112 valence electrons. The first-order valence-electron chi connectivity index (χ1n) is 7.43. The van der Waals surface area contributed by atoms with E-state index < -0.39 is 0 Å². The molecule has 1 aliphatic heterocycles. The van der Waals surface area contributed by atoms with E-state index in [1.807, 2.05) is 29.6 Å².